The molecule has 2 aromatic rings. The zero-order valence-electron chi connectivity index (χ0n) is 16.1. The van der Waals surface area contributed by atoms with Crippen molar-refractivity contribution in [1.82, 2.24) is 19.6 Å². The van der Waals surface area contributed by atoms with Gasteiger partial charge in [-0.25, -0.2) is 4.68 Å². The van der Waals surface area contributed by atoms with E-state index in [9.17, 15) is 4.79 Å². The molecule has 6 heteroatoms. The van der Waals surface area contributed by atoms with E-state index < -0.39 is 0 Å². The molecule has 144 valence electrons. The number of hydrogen-bond acceptors (Lipinski definition) is 3. The highest BCUT2D eigenvalue weighted by molar-refractivity contribution is 6.33. The predicted molar refractivity (Wildman–Crippen MR) is 108 cm³/mol. The normalized spacial score (nSPS) is 21.0. The second kappa shape index (κ2) is 7.64. The molecule has 0 spiro atoms. The lowest BCUT2D eigenvalue weighted by atomic mass is 10.0. The van der Waals surface area contributed by atoms with Gasteiger partial charge in [0.15, 0.2) is 0 Å². The Morgan fingerprint density at radius 2 is 1.89 bits per heavy atom. The molecule has 0 radical (unpaired) electrons. The summed E-state index contributed by atoms with van der Waals surface area (Å²) in [6, 6.07) is 8.12. The fourth-order valence-corrected chi connectivity index (χ4v) is 4.61. The maximum atomic E-state index is 13.2. The van der Waals surface area contributed by atoms with Crippen LogP contribution in [0.1, 0.15) is 47.4 Å². The summed E-state index contributed by atoms with van der Waals surface area (Å²) in [5.74, 6) is 0.0345. The van der Waals surface area contributed by atoms with Crippen molar-refractivity contribution < 1.29 is 4.79 Å². The van der Waals surface area contributed by atoms with Crippen LogP contribution in [-0.4, -0.2) is 57.7 Å². The molecule has 1 aromatic carbocycles. The molecule has 2 aliphatic heterocycles. The van der Waals surface area contributed by atoms with Gasteiger partial charge in [-0.1, -0.05) is 11.6 Å². The summed E-state index contributed by atoms with van der Waals surface area (Å²) in [7, 11) is 0. The van der Waals surface area contributed by atoms with Gasteiger partial charge in [-0.2, -0.15) is 5.10 Å². The molecule has 1 amide bonds. The number of rotatable bonds is 3. The maximum absolute atomic E-state index is 13.2. The molecule has 0 N–H and O–H groups in total. The van der Waals surface area contributed by atoms with E-state index in [2.05, 4.69) is 10.00 Å². The molecule has 0 bridgehead atoms. The van der Waals surface area contributed by atoms with Gasteiger partial charge in [0, 0.05) is 24.8 Å². The molecule has 27 heavy (non-hydrogen) atoms. The summed E-state index contributed by atoms with van der Waals surface area (Å²) in [6.45, 7) is 7.93. The molecule has 0 aliphatic carbocycles. The number of halogens is 1. The average Bonchev–Trinajstić information content (AvgIpc) is 3.31. The number of likely N-dealkylation sites (tertiary alicyclic amines) is 2. The van der Waals surface area contributed by atoms with Crippen molar-refractivity contribution in [3.63, 3.8) is 0 Å². The highest BCUT2D eigenvalue weighted by Crippen LogP contribution is 2.26. The molecule has 1 aromatic heterocycles. The summed E-state index contributed by atoms with van der Waals surface area (Å²) < 4.78 is 1.87. The van der Waals surface area contributed by atoms with Gasteiger partial charge in [0.1, 0.15) is 0 Å². The van der Waals surface area contributed by atoms with E-state index in [1.54, 1.807) is 0 Å². The lowest BCUT2D eigenvalue weighted by Gasteiger charge is -2.37. The van der Waals surface area contributed by atoms with Crippen LogP contribution in [0.2, 0.25) is 5.02 Å². The Labute approximate surface area is 165 Å². The number of aromatic nitrogens is 2. The first-order chi connectivity index (χ1) is 13.0. The Hall–Kier alpha value is -1.85. The number of carbonyl (C=O) groups excluding carboxylic acids is 1. The minimum absolute atomic E-state index is 0.0345. The standard InChI is InChI=1S/C21H27ClN4O/c1-15-12-16(2)26(23-15)17-7-8-20(22)19(13-17)21(27)25-11-5-6-18(14-25)24-9-3-4-10-24/h7-8,12-13,18H,3-6,9-11,14H2,1-2H3/t18-/m1/s1. The quantitative estimate of drug-likeness (QED) is 0.804. The van der Waals surface area contributed by atoms with Crippen LogP contribution in [0.15, 0.2) is 24.3 Å². The summed E-state index contributed by atoms with van der Waals surface area (Å²) in [4.78, 5) is 17.8. The smallest absolute Gasteiger partial charge is 0.255 e. The second-order valence-corrected chi connectivity index (χ2v) is 8.20. The lowest BCUT2D eigenvalue weighted by molar-refractivity contribution is 0.0608. The van der Waals surface area contributed by atoms with E-state index in [0.717, 1.165) is 36.6 Å². The monoisotopic (exact) mass is 386 g/mol. The van der Waals surface area contributed by atoms with Crippen molar-refractivity contribution in [3.8, 4) is 5.69 Å². The summed E-state index contributed by atoms with van der Waals surface area (Å²) in [5.41, 5.74) is 3.45. The first-order valence-corrected chi connectivity index (χ1v) is 10.3. The lowest BCUT2D eigenvalue weighted by Crippen LogP contribution is -2.49. The van der Waals surface area contributed by atoms with Crippen LogP contribution in [0.4, 0.5) is 0 Å². The van der Waals surface area contributed by atoms with Crippen molar-refractivity contribution in [2.24, 2.45) is 0 Å². The van der Waals surface area contributed by atoms with Crippen LogP contribution in [0.5, 0.6) is 0 Å². The first kappa shape index (κ1) is 18.5. The predicted octanol–water partition coefficient (Wildman–Crippen LogP) is 3.84. The van der Waals surface area contributed by atoms with Crippen molar-refractivity contribution in [3.05, 3.63) is 46.2 Å². The topological polar surface area (TPSA) is 41.4 Å². The van der Waals surface area contributed by atoms with E-state index in [1.807, 2.05) is 47.7 Å². The molecule has 5 nitrogen and oxygen atoms in total. The fourth-order valence-electron chi connectivity index (χ4n) is 4.41. The van der Waals surface area contributed by atoms with E-state index in [-0.39, 0.29) is 5.91 Å². The van der Waals surface area contributed by atoms with Crippen LogP contribution in [0.3, 0.4) is 0 Å². The number of carbonyl (C=O) groups is 1. The zero-order valence-corrected chi connectivity index (χ0v) is 16.9. The van der Waals surface area contributed by atoms with Gasteiger partial charge < -0.3 is 4.90 Å². The molecule has 4 rings (SSSR count). The summed E-state index contributed by atoms with van der Waals surface area (Å²) >= 11 is 6.42. The second-order valence-electron chi connectivity index (χ2n) is 7.79. The van der Waals surface area contributed by atoms with Crippen LogP contribution in [-0.2, 0) is 0 Å². The van der Waals surface area contributed by atoms with Crippen molar-refractivity contribution in [1.29, 1.82) is 0 Å². The minimum atomic E-state index is 0.0345. The molecule has 0 unspecified atom stereocenters. The molecular weight excluding hydrogens is 360 g/mol. The minimum Gasteiger partial charge on any atom is -0.337 e. The molecular formula is C21H27ClN4O. The zero-order chi connectivity index (χ0) is 19.0. The third kappa shape index (κ3) is 3.76. The van der Waals surface area contributed by atoms with Gasteiger partial charge in [-0.05, 0) is 76.9 Å². The van der Waals surface area contributed by atoms with Gasteiger partial charge in [0.05, 0.1) is 22.0 Å². The van der Waals surface area contributed by atoms with Crippen molar-refractivity contribution in [2.45, 2.75) is 45.6 Å². The van der Waals surface area contributed by atoms with Gasteiger partial charge in [-0.3, -0.25) is 9.69 Å². The Kier molecular flexibility index (Phi) is 5.24. The van der Waals surface area contributed by atoms with Gasteiger partial charge in [-0.15, -0.1) is 0 Å². The van der Waals surface area contributed by atoms with E-state index in [1.165, 1.54) is 32.4 Å². The summed E-state index contributed by atoms with van der Waals surface area (Å²) in [5, 5.41) is 5.04. The highest BCUT2D eigenvalue weighted by Gasteiger charge is 2.30. The van der Waals surface area contributed by atoms with Gasteiger partial charge >= 0.3 is 0 Å². The molecule has 2 fully saturated rings. The number of aryl methyl sites for hydroxylation is 2. The molecule has 2 aliphatic rings. The molecule has 2 saturated heterocycles. The number of hydrogen-bond donors (Lipinski definition) is 0. The Bertz CT molecular complexity index is 841. The van der Waals surface area contributed by atoms with E-state index in [0.29, 0.717) is 16.6 Å². The first-order valence-electron chi connectivity index (χ1n) is 9.89. The van der Waals surface area contributed by atoms with Crippen molar-refractivity contribution >= 4 is 17.5 Å². The average molecular weight is 387 g/mol. The number of nitrogens with zero attached hydrogens (tertiary/aromatic N) is 4. The molecule has 0 saturated carbocycles. The fraction of sp³-hybridized carbons (Fsp3) is 0.524. The van der Waals surface area contributed by atoms with Crippen LogP contribution >= 0.6 is 11.6 Å². The van der Waals surface area contributed by atoms with Gasteiger partial charge in [0.25, 0.3) is 5.91 Å². The largest absolute Gasteiger partial charge is 0.337 e. The third-order valence-corrected chi connectivity index (χ3v) is 6.10. The SMILES string of the molecule is Cc1cc(C)n(-c2ccc(Cl)c(C(=O)N3CCC[C@@H](N4CCCC4)C3)c2)n1. The van der Waals surface area contributed by atoms with E-state index >= 15 is 0 Å². The van der Waals surface area contributed by atoms with Crippen LogP contribution in [0.25, 0.3) is 5.69 Å². The third-order valence-electron chi connectivity index (χ3n) is 5.78. The summed E-state index contributed by atoms with van der Waals surface area (Å²) in [6.07, 6.45) is 4.80. The number of piperidine rings is 1. The maximum Gasteiger partial charge on any atom is 0.255 e. The van der Waals surface area contributed by atoms with Crippen LogP contribution in [0, 0.1) is 13.8 Å². The van der Waals surface area contributed by atoms with Crippen molar-refractivity contribution in [2.75, 3.05) is 26.2 Å². The van der Waals surface area contributed by atoms with Crippen LogP contribution < -0.4 is 0 Å². The Morgan fingerprint density at radius 1 is 1.11 bits per heavy atom. The Morgan fingerprint density at radius 3 is 2.59 bits per heavy atom. The Balaban J connectivity index is 1.57. The molecule has 1 atom stereocenters. The number of benzene rings is 1. The van der Waals surface area contributed by atoms with E-state index in [4.69, 9.17) is 11.6 Å². The number of amides is 1. The van der Waals surface area contributed by atoms with Gasteiger partial charge in [0.2, 0.25) is 0 Å². The molecule has 3 heterocycles. The highest BCUT2D eigenvalue weighted by atomic mass is 35.5.